The average Bonchev–Trinajstić information content (AvgIpc) is 2.94. The summed E-state index contributed by atoms with van der Waals surface area (Å²) in [5.74, 6) is 1.19. The minimum Gasteiger partial charge on any atom is -0.437 e. The molecule has 0 bridgehead atoms. The molecule has 0 spiro atoms. The second-order valence-electron chi connectivity index (χ2n) is 4.09. The predicted molar refractivity (Wildman–Crippen MR) is 77.9 cm³/mol. The zero-order chi connectivity index (χ0) is 13.4. The number of aryl methyl sites for hydroxylation is 1. The van der Waals surface area contributed by atoms with Gasteiger partial charge in [-0.25, -0.2) is 0 Å². The number of fused-ring (bicyclic) bond motifs is 1. The number of hydrogen-bond donors (Lipinski definition) is 1. The van der Waals surface area contributed by atoms with Gasteiger partial charge in [-0.05, 0) is 24.6 Å². The zero-order valence-electron chi connectivity index (χ0n) is 10.1. The summed E-state index contributed by atoms with van der Waals surface area (Å²) in [7, 11) is 0. The summed E-state index contributed by atoms with van der Waals surface area (Å²) in [5, 5.41) is 11.4. The fraction of sp³-hybridized carbons (Fsp3) is 0.154. The number of aromatic nitrogens is 2. The van der Waals surface area contributed by atoms with Crippen LogP contribution in [0.4, 0.5) is 0 Å². The topological polar surface area (TPSA) is 46.8 Å². The van der Waals surface area contributed by atoms with Gasteiger partial charge in [0.1, 0.15) is 11.4 Å². The summed E-state index contributed by atoms with van der Waals surface area (Å²) in [6, 6.07) is 5.82. The van der Waals surface area contributed by atoms with E-state index in [1.54, 1.807) is 0 Å². The molecule has 0 fully saturated rings. The Labute approximate surface area is 122 Å². The number of hydrogen-bond acceptors (Lipinski definition) is 4. The van der Waals surface area contributed by atoms with Crippen molar-refractivity contribution in [1.82, 2.24) is 9.38 Å². The summed E-state index contributed by atoms with van der Waals surface area (Å²) in [4.78, 5) is 5.21. The minimum atomic E-state index is -0.111. The van der Waals surface area contributed by atoms with E-state index in [4.69, 9.17) is 4.74 Å². The fourth-order valence-corrected chi connectivity index (χ4v) is 2.89. The van der Waals surface area contributed by atoms with Gasteiger partial charge >= 0.3 is 0 Å². The van der Waals surface area contributed by atoms with E-state index in [9.17, 15) is 5.11 Å². The molecule has 2 aromatic heterocycles. The number of halogens is 1. The molecule has 0 aliphatic carbocycles. The number of benzene rings is 1. The molecular formula is C13H11BrN2O2S. The lowest BCUT2D eigenvalue weighted by Gasteiger charge is -2.08. The monoisotopic (exact) mass is 338 g/mol. The third kappa shape index (κ3) is 2.27. The first kappa shape index (κ1) is 12.7. The highest BCUT2D eigenvalue weighted by molar-refractivity contribution is 9.10. The highest BCUT2D eigenvalue weighted by atomic mass is 79.9. The number of rotatable bonds is 3. The molecule has 4 nitrogen and oxygen atoms in total. The van der Waals surface area contributed by atoms with Crippen LogP contribution in [0.1, 0.15) is 11.3 Å². The lowest BCUT2D eigenvalue weighted by atomic mass is 10.2. The quantitative estimate of drug-likeness (QED) is 0.791. The summed E-state index contributed by atoms with van der Waals surface area (Å²) in [5.41, 5.74) is 1.68. The molecule has 0 amide bonds. The maximum Gasteiger partial charge on any atom is 0.244 e. The molecular weight excluding hydrogens is 328 g/mol. The Morgan fingerprint density at radius 3 is 3.11 bits per heavy atom. The van der Waals surface area contributed by atoms with Gasteiger partial charge in [-0.15, -0.1) is 11.3 Å². The third-order valence-electron chi connectivity index (χ3n) is 2.83. The lowest BCUT2D eigenvalue weighted by Crippen LogP contribution is -1.94. The van der Waals surface area contributed by atoms with Crippen LogP contribution in [0.15, 0.2) is 34.2 Å². The van der Waals surface area contributed by atoms with Crippen molar-refractivity contribution in [3.8, 4) is 11.6 Å². The first-order valence-electron chi connectivity index (χ1n) is 5.68. The third-order valence-corrected chi connectivity index (χ3v) is 4.08. The van der Waals surface area contributed by atoms with Gasteiger partial charge in [0, 0.05) is 16.0 Å². The highest BCUT2D eigenvalue weighted by Crippen LogP contribution is 2.31. The molecule has 0 aliphatic rings. The average molecular weight is 339 g/mol. The highest BCUT2D eigenvalue weighted by Gasteiger charge is 2.15. The molecule has 2 heterocycles. The number of aliphatic hydroxyl groups excluding tert-OH is 1. The van der Waals surface area contributed by atoms with Crippen LogP contribution in [0.5, 0.6) is 11.6 Å². The Bertz CT molecular complexity index is 735. The van der Waals surface area contributed by atoms with Crippen molar-refractivity contribution in [3.05, 3.63) is 45.5 Å². The smallest absolute Gasteiger partial charge is 0.244 e. The van der Waals surface area contributed by atoms with Gasteiger partial charge in [0.05, 0.1) is 6.61 Å². The van der Waals surface area contributed by atoms with Crippen molar-refractivity contribution >= 4 is 32.2 Å². The van der Waals surface area contributed by atoms with E-state index in [0.29, 0.717) is 11.6 Å². The molecule has 0 unspecified atom stereocenters. The maximum absolute atomic E-state index is 9.48. The van der Waals surface area contributed by atoms with Gasteiger partial charge in [0.2, 0.25) is 5.88 Å². The van der Waals surface area contributed by atoms with Gasteiger partial charge in [-0.2, -0.15) is 4.98 Å². The van der Waals surface area contributed by atoms with Gasteiger partial charge in [-0.1, -0.05) is 22.0 Å². The van der Waals surface area contributed by atoms with Gasteiger partial charge in [-0.3, -0.25) is 4.40 Å². The Balaban J connectivity index is 2.05. The SMILES string of the molecule is Cc1ccc(Br)cc1Oc1nc2sccn2c1CO. The van der Waals surface area contributed by atoms with Crippen molar-refractivity contribution in [1.29, 1.82) is 0 Å². The van der Waals surface area contributed by atoms with E-state index in [-0.39, 0.29) is 6.61 Å². The van der Waals surface area contributed by atoms with Crippen LogP contribution in [0, 0.1) is 6.92 Å². The first-order chi connectivity index (χ1) is 9.19. The van der Waals surface area contributed by atoms with E-state index in [1.165, 1.54) is 11.3 Å². The molecule has 0 saturated carbocycles. The molecule has 1 aromatic carbocycles. The van der Waals surface area contributed by atoms with Crippen LogP contribution in [0.2, 0.25) is 0 Å². The molecule has 3 rings (SSSR count). The number of nitrogens with zero attached hydrogens (tertiary/aromatic N) is 2. The maximum atomic E-state index is 9.48. The van der Waals surface area contributed by atoms with Crippen LogP contribution in [0.25, 0.3) is 4.96 Å². The standard InChI is InChI=1S/C13H11BrN2O2S/c1-8-2-3-9(14)6-11(8)18-12-10(7-17)16-4-5-19-13(16)15-12/h2-6,17H,7H2,1H3. The molecule has 6 heteroatoms. The Kier molecular flexibility index (Phi) is 3.30. The number of ether oxygens (including phenoxy) is 1. The number of imidazole rings is 1. The van der Waals surface area contributed by atoms with Crippen LogP contribution in [-0.2, 0) is 6.61 Å². The van der Waals surface area contributed by atoms with Crippen molar-refractivity contribution in [2.24, 2.45) is 0 Å². The van der Waals surface area contributed by atoms with E-state index in [0.717, 1.165) is 20.7 Å². The Morgan fingerprint density at radius 1 is 1.47 bits per heavy atom. The Morgan fingerprint density at radius 2 is 2.32 bits per heavy atom. The number of aliphatic hydroxyl groups is 1. The molecule has 1 N–H and O–H groups in total. The second kappa shape index (κ2) is 4.96. The van der Waals surface area contributed by atoms with E-state index >= 15 is 0 Å². The van der Waals surface area contributed by atoms with Crippen molar-refractivity contribution in [3.63, 3.8) is 0 Å². The summed E-state index contributed by atoms with van der Waals surface area (Å²) < 4.78 is 8.62. The number of thiazole rings is 1. The molecule has 3 aromatic rings. The summed E-state index contributed by atoms with van der Waals surface area (Å²) >= 11 is 4.93. The minimum absolute atomic E-state index is 0.111. The van der Waals surface area contributed by atoms with Crippen molar-refractivity contribution in [2.75, 3.05) is 0 Å². The Hall–Kier alpha value is -1.37. The van der Waals surface area contributed by atoms with E-state index in [2.05, 4.69) is 20.9 Å². The van der Waals surface area contributed by atoms with Crippen LogP contribution >= 0.6 is 27.3 Å². The normalized spacial score (nSPS) is 11.1. The zero-order valence-corrected chi connectivity index (χ0v) is 12.5. The second-order valence-corrected chi connectivity index (χ2v) is 5.88. The van der Waals surface area contributed by atoms with Crippen LogP contribution < -0.4 is 4.74 Å². The molecule has 0 atom stereocenters. The predicted octanol–water partition coefficient (Wildman–Crippen LogP) is 3.75. The lowest BCUT2D eigenvalue weighted by molar-refractivity contribution is 0.269. The van der Waals surface area contributed by atoms with Crippen molar-refractivity contribution < 1.29 is 9.84 Å². The van der Waals surface area contributed by atoms with Crippen LogP contribution in [-0.4, -0.2) is 14.5 Å². The van der Waals surface area contributed by atoms with Gasteiger partial charge in [0.25, 0.3) is 0 Å². The fourth-order valence-electron chi connectivity index (χ4n) is 1.83. The first-order valence-corrected chi connectivity index (χ1v) is 7.35. The summed E-state index contributed by atoms with van der Waals surface area (Å²) in [6.45, 7) is 1.86. The molecule has 0 saturated heterocycles. The van der Waals surface area contributed by atoms with E-state index < -0.39 is 0 Å². The molecule has 0 radical (unpaired) electrons. The molecule has 0 aliphatic heterocycles. The largest absolute Gasteiger partial charge is 0.437 e. The van der Waals surface area contributed by atoms with Crippen LogP contribution in [0.3, 0.4) is 0 Å². The van der Waals surface area contributed by atoms with Gasteiger partial charge in [0.15, 0.2) is 4.96 Å². The summed E-state index contributed by atoms with van der Waals surface area (Å²) in [6.07, 6.45) is 1.87. The van der Waals surface area contributed by atoms with Crippen molar-refractivity contribution in [2.45, 2.75) is 13.5 Å². The van der Waals surface area contributed by atoms with Gasteiger partial charge < -0.3 is 9.84 Å². The van der Waals surface area contributed by atoms with E-state index in [1.807, 2.05) is 41.1 Å². The molecule has 19 heavy (non-hydrogen) atoms. The molecule has 98 valence electrons.